The Morgan fingerprint density at radius 3 is 3.00 bits per heavy atom. The van der Waals surface area contributed by atoms with Gasteiger partial charge in [-0.05, 0) is 37.9 Å². The molecule has 1 aromatic rings. The van der Waals surface area contributed by atoms with Crippen LogP contribution < -0.4 is 5.32 Å². The summed E-state index contributed by atoms with van der Waals surface area (Å²) < 4.78 is 0. The standard InChI is InChI=1S/C13H17N3O/c17-13(10-3-7-14-8-4-10)16-9-5-11-12(16)2-1-6-15-11/h3-4,7-8,11-12,15H,1-2,5-6,9H2. The predicted octanol–water partition coefficient (Wildman–Crippen LogP) is 1.05. The topological polar surface area (TPSA) is 45.2 Å². The van der Waals surface area contributed by atoms with E-state index in [9.17, 15) is 4.79 Å². The maximum Gasteiger partial charge on any atom is 0.254 e. The molecule has 1 N–H and O–H groups in total. The van der Waals surface area contributed by atoms with Crippen molar-refractivity contribution in [3.63, 3.8) is 0 Å². The number of pyridine rings is 1. The van der Waals surface area contributed by atoms with Crippen LogP contribution in [0.15, 0.2) is 24.5 Å². The quantitative estimate of drug-likeness (QED) is 0.785. The summed E-state index contributed by atoms with van der Waals surface area (Å²) in [5.41, 5.74) is 0.756. The van der Waals surface area contributed by atoms with E-state index >= 15 is 0 Å². The Kier molecular flexibility index (Phi) is 2.81. The lowest BCUT2D eigenvalue weighted by Gasteiger charge is -2.32. The summed E-state index contributed by atoms with van der Waals surface area (Å²) in [5, 5.41) is 3.51. The van der Waals surface area contributed by atoms with Gasteiger partial charge in [0.05, 0.1) is 0 Å². The van der Waals surface area contributed by atoms with Gasteiger partial charge in [-0.3, -0.25) is 9.78 Å². The van der Waals surface area contributed by atoms with Crippen molar-refractivity contribution >= 4 is 5.91 Å². The molecule has 4 heteroatoms. The Hall–Kier alpha value is -1.42. The van der Waals surface area contributed by atoms with Crippen LogP contribution >= 0.6 is 0 Å². The number of nitrogens with zero attached hydrogens (tertiary/aromatic N) is 2. The van der Waals surface area contributed by atoms with Crippen molar-refractivity contribution in [3.8, 4) is 0 Å². The largest absolute Gasteiger partial charge is 0.334 e. The molecule has 2 aliphatic heterocycles. The van der Waals surface area contributed by atoms with E-state index in [1.807, 2.05) is 4.90 Å². The van der Waals surface area contributed by atoms with Crippen LogP contribution in [-0.2, 0) is 0 Å². The second kappa shape index (κ2) is 4.45. The third kappa shape index (κ3) is 1.93. The Morgan fingerprint density at radius 1 is 1.35 bits per heavy atom. The van der Waals surface area contributed by atoms with Crippen LogP contribution in [0.2, 0.25) is 0 Å². The number of rotatable bonds is 1. The summed E-state index contributed by atoms with van der Waals surface area (Å²) in [6.07, 6.45) is 6.75. The summed E-state index contributed by atoms with van der Waals surface area (Å²) in [5.74, 6) is 0.156. The molecule has 0 radical (unpaired) electrons. The summed E-state index contributed by atoms with van der Waals surface area (Å²) in [6.45, 7) is 1.97. The minimum Gasteiger partial charge on any atom is -0.334 e. The lowest BCUT2D eigenvalue weighted by Crippen LogP contribution is -2.48. The van der Waals surface area contributed by atoms with Crippen LogP contribution in [0.4, 0.5) is 0 Å². The lowest BCUT2D eigenvalue weighted by molar-refractivity contribution is 0.0705. The molecule has 1 aromatic heterocycles. The molecule has 1 amide bonds. The van der Waals surface area contributed by atoms with Crippen LogP contribution in [0.5, 0.6) is 0 Å². The zero-order valence-corrected chi connectivity index (χ0v) is 9.80. The first-order chi connectivity index (χ1) is 8.36. The summed E-state index contributed by atoms with van der Waals surface area (Å²) >= 11 is 0. The molecule has 2 unspecified atom stereocenters. The van der Waals surface area contributed by atoms with Gasteiger partial charge in [0.2, 0.25) is 0 Å². The fourth-order valence-electron chi connectivity index (χ4n) is 2.96. The molecule has 2 saturated heterocycles. The second-order valence-corrected chi connectivity index (χ2v) is 4.79. The van der Waals surface area contributed by atoms with E-state index in [0.717, 1.165) is 31.5 Å². The van der Waals surface area contributed by atoms with E-state index in [1.165, 1.54) is 6.42 Å². The molecule has 2 atom stereocenters. The molecule has 2 aliphatic rings. The summed E-state index contributed by atoms with van der Waals surface area (Å²) in [6, 6.07) is 4.50. The fraction of sp³-hybridized carbons (Fsp3) is 0.538. The Labute approximate surface area is 101 Å². The van der Waals surface area contributed by atoms with Crippen molar-refractivity contribution in [1.82, 2.24) is 15.2 Å². The third-order valence-electron chi connectivity index (χ3n) is 3.82. The summed E-state index contributed by atoms with van der Waals surface area (Å²) in [7, 11) is 0. The van der Waals surface area contributed by atoms with Gasteiger partial charge < -0.3 is 10.2 Å². The van der Waals surface area contributed by atoms with Crippen LogP contribution in [-0.4, -0.2) is 41.0 Å². The van der Waals surface area contributed by atoms with Gasteiger partial charge in [-0.15, -0.1) is 0 Å². The van der Waals surface area contributed by atoms with Gasteiger partial charge in [0.15, 0.2) is 0 Å². The Balaban J connectivity index is 1.79. The fourth-order valence-corrected chi connectivity index (χ4v) is 2.96. The minimum absolute atomic E-state index is 0.156. The molecule has 0 bridgehead atoms. The highest BCUT2D eigenvalue weighted by Crippen LogP contribution is 2.26. The molecule has 4 nitrogen and oxygen atoms in total. The highest BCUT2D eigenvalue weighted by Gasteiger charge is 2.38. The molecular weight excluding hydrogens is 214 g/mol. The molecule has 3 heterocycles. The highest BCUT2D eigenvalue weighted by molar-refractivity contribution is 5.94. The molecule has 2 fully saturated rings. The van der Waals surface area contributed by atoms with E-state index < -0.39 is 0 Å². The number of hydrogen-bond donors (Lipinski definition) is 1. The SMILES string of the molecule is O=C(c1ccncc1)N1CCC2NCCCC21. The molecule has 17 heavy (non-hydrogen) atoms. The number of aromatic nitrogens is 1. The van der Waals surface area contributed by atoms with Crippen molar-refractivity contribution in [1.29, 1.82) is 0 Å². The van der Waals surface area contributed by atoms with Gasteiger partial charge in [-0.1, -0.05) is 0 Å². The number of carbonyl (C=O) groups excluding carboxylic acids is 1. The third-order valence-corrected chi connectivity index (χ3v) is 3.82. The van der Waals surface area contributed by atoms with Crippen molar-refractivity contribution < 1.29 is 4.79 Å². The molecule has 0 saturated carbocycles. The number of hydrogen-bond acceptors (Lipinski definition) is 3. The highest BCUT2D eigenvalue weighted by atomic mass is 16.2. The van der Waals surface area contributed by atoms with Crippen molar-refractivity contribution in [3.05, 3.63) is 30.1 Å². The van der Waals surface area contributed by atoms with Gasteiger partial charge in [0, 0.05) is 36.6 Å². The van der Waals surface area contributed by atoms with Gasteiger partial charge in [-0.2, -0.15) is 0 Å². The first-order valence-corrected chi connectivity index (χ1v) is 6.30. The Morgan fingerprint density at radius 2 is 2.18 bits per heavy atom. The van der Waals surface area contributed by atoms with Gasteiger partial charge in [-0.25, -0.2) is 0 Å². The van der Waals surface area contributed by atoms with Gasteiger partial charge in [0.25, 0.3) is 5.91 Å². The Bertz CT molecular complexity index is 406. The molecule has 90 valence electrons. The van der Waals surface area contributed by atoms with Crippen molar-refractivity contribution in [2.45, 2.75) is 31.3 Å². The average Bonchev–Trinajstić information content (AvgIpc) is 2.83. The van der Waals surface area contributed by atoms with Gasteiger partial charge >= 0.3 is 0 Å². The second-order valence-electron chi connectivity index (χ2n) is 4.79. The maximum absolute atomic E-state index is 12.4. The van der Waals surface area contributed by atoms with Crippen molar-refractivity contribution in [2.24, 2.45) is 0 Å². The van der Waals surface area contributed by atoms with E-state index in [-0.39, 0.29) is 5.91 Å². The zero-order valence-electron chi connectivity index (χ0n) is 9.80. The first kappa shape index (κ1) is 10.7. The molecule has 3 rings (SSSR count). The molecule has 0 aliphatic carbocycles. The zero-order chi connectivity index (χ0) is 11.7. The number of amides is 1. The molecular formula is C13H17N3O. The van der Waals surface area contributed by atoms with Crippen LogP contribution in [0, 0.1) is 0 Å². The van der Waals surface area contributed by atoms with Gasteiger partial charge in [0.1, 0.15) is 0 Å². The molecule has 0 aromatic carbocycles. The van der Waals surface area contributed by atoms with Crippen LogP contribution in [0.25, 0.3) is 0 Å². The average molecular weight is 231 g/mol. The molecule has 0 spiro atoms. The van der Waals surface area contributed by atoms with Crippen molar-refractivity contribution in [2.75, 3.05) is 13.1 Å². The number of carbonyl (C=O) groups is 1. The number of nitrogens with one attached hydrogen (secondary N) is 1. The van der Waals surface area contributed by atoms with E-state index in [2.05, 4.69) is 10.3 Å². The maximum atomic E-state index is 12.4. The smallest absolute Gasteiger partial charge is 0.254 e. The van der Waals surface area contributed by atoms with Crippen LogP contribution in [0.1, 0.15) is 29.6 Å². The van der Waals surface area contributed by atoms with E-state index in [4.69, 9.17) is 0 Å². The number of fused-ring (bicyclic) bond motifs is 1. The predicted molar refractivity (Wildman–Crippen MR) is 64.7 cm³/mol. The van der Waals surface area contributed by atoms with E-state index in [0.29, 0.717) is 12.1 Å². The normalized spacial score (nSPS) is 27.9. The van der Waals surface area contributed by atoms with Crippen LogP contribution in [0.3, 0.4) is 0 Å². The lowest BCUT2D eigenvalue weighted by atomic mass is 9.99. The minimum atomic E-state index is 0.156. The number of piperidine rings is 1. The monoisotopic (exact) mass is 231 g/mol. The first-order valence-electron chi connectivity index (χ1n) is 6.30. The number of likely N-dealkylation sites (tertiary alicyclic amines) is 1. The summed E-state index contributed by atoms with van der Waals surface area (Å²) in [4.78, 5) is 18.4. The van der Waals surface area contributed by atoms with E-state index in [1.54, 1.807) is 24.5 Å².